The summed E-state index contributed by atoms with van der Waals surface area (Å²) in [5, 5.41) is 4.34. The third kappa shape index (κ3) is 3.28. The summed E-state index contributed by atoms with van der Waals surface area (Å²) in [6.45, 7) is 3.02. The molecule has 0 amide bonds. The highest BCUT2D eigenvalue weighted by Crippen LogP contribution is 2.24. The molecule has 1 aromatic carbocycles. The lowest BCUT2D eigenvalue weighted by Crippen LogP contribution is -2.02. The second-order valence-corrected chi connectivity index (χ2v) is 4.75. The normalized spacial score (nSPS) is 10.5. The summed E-state index contributed by atoms with van der Waals surface area (Å²) in [6.07, 6.45) is 2.84. The fourth-order valence-electron chi connectivity index (χ4n) is 2.05. The lowest BCUT2D eigenvalue weighted by molar-refractivity contribution is 0.464. The van der Waals surface area contributed by atoms with Crippen LogP contribution in [0.5, 0.6) is 11.6 Å². The molecule has 0 saturated carbocycles. The van der Waals surface area contributed by atoms with Gasteiger partial charge in [-0.25, -0.2) is 0 Å². The van der Waals surface area contributed by atoms with Gasteiger partial charge in [0.2, 0.25) is 5.88 Å². The summed E-state index contributed by atoms with van der Waals surface area (Å²) in [7, 11) is 0. The third-order valence-corrected chi connectivity index (χ3v) is 3.08. The van der Waals surface area contributed by atoms with E-state index in [1.54, 1.807) is 6.20 Å². The molecule has 106 valence electrons. The number of anilines is 1. The topological polar surface area (TPSA) is 47.0 Å². The maximum absolute atomic E-state index is 5.82. The van der Waals surface area contributed by atoms with Crippen LogP contribution in [0.25, 0.3) is 10.9 Å². The van der Waals surface area contributed by atoms with Gasteiger partial charge in [0.25, 0.3) is 0 Å². The summed E-state index contributed by atoms with van der Waals surface area (Å²) in [5.41, 5.74) is 0.912. The Labute approximate surface area is 123 Å². The van der Waals surface area contributed by atoms with Crippen LogP contribution in [0, 0.1) is 0 Å². The van der Waals surface area contributed by atoms with E-state index < -0.39 is 0 Å². The van der Waals surface area contributed by atoms with Gasteiger partial charge in [0, 0.05) is 30.3 Å². The van der Waals surface area contributed by atoms with Crippen molar-refractivity contribution in [2.45, 2.75) is 13.3 Å². The molecule has 4 heteroatoms. The Morgan fingerprint density at radius 1 is 1.10 bits per heavy atom. The van der Waals surface area contributed by atoms with Crippen molar-refractivity contribution in [3.05, 3.63) is 54.7 Å². The van der Waals surface area contributed by atoms with Gasteiger partial charge in [-0.2, -0.15) is 4.98 Å². The second-order valence-electron chi connectivity index (χ2n) is 4.75. The van der Waals surface area contributed by atoms with Crippen LogP contribution in [0.2, 0.25) is 0 Å². The number of hydrogen-bond donors (Lipinski definition) is 1. The van der Waals surface area contributed by atoms with E-state index in [1.807, 2.05) is 48.5 Å². The van der Waals surface area contributed by atoms with Gasteiger partial charge < -0.3 is 10.1 Å². The molecule has 0 unspecified atom stereocenters. The predicted octanol–water partition coefficient (Wildman–Crippen LogP) is 4.24. The standard InChI is InChI=1S/C17H17N3O/c1-2-10-19-16-6-3-7-17(20-16)21-14-9-8-13-5-4-11-18-15(13)12-14/h3-9,11-12H,2,10H2,1H3,(H,19,20). The van der Waals surface area contributed by atoms with Crippen molar-refractivity contribution < 1.29 is 4.74 Å². The smallest absolute Gasteiger partial charge is 0.221 e. The van der Waals surface area contributed by atoms with Crippen molar-refractivity contribution >= 4 is 16.7 Å². The van der Waals surface area contributed by atoms with Crippen molar-refractivity contribution in [2.75, 3.05) is 11.9 Å². The second kappa shape index (κ2) is 6.22. The van der Waals surface area contributed by atoms with Crippen molar-refractivity contribution in [2.24, 2.45) is 0 Å². The fraction of sp³-hybridized carbons (Fsp3) is 0.176. The van der Waals surface area contributed by atoms with Gasteiger partial charge in [0.1, 0.15) is 11.6 Å². The molecule has 0 spiro atoms. The third-order valence-electron chi connectivity index (χ3n) is 3.08. The van der Waals surface area contributed by atoms with E-state index in [2.05, 4.69) is 22.2 Å². The Morgan fingerprint density at radius 3 is 2.95 bits per heavy atom. The van der Waals surface area contributed by atoms with E-state index in [-0.39, 0.29) is 0 Å². The minimum absolute atomic E-state index is 0.575. The van der Waals surface area contributed by atoms with Crippen molar-refractivity contribution in [1.82, 2.24) is 9.97 Å². The molecule has 3 rings (SSSR count). The van der Waals surface area contributed by atoms with E-state index >= 15 is 0 Å². The molecule has 0 saturated heterocycles. The number of ether oxygens (including phenoxy) is 1. The minimum Gasteiger partial charge on any atom is -0.439 e. The van der Waals surface area contributed by atoms with Gasteiger partial charge >= 0.3 is 0 Å². The maximum Gasteiger partial charge on any atom is 0.221 e. The molecule has 0 radical (unpaired) electrons. The average molecular weight is 279 g/mol. The van der Waals surface area contributed by atoms with Crippen LogP contribution >= 0.6 is 0 Å². The van der Waals surface area contributed by atoms with Gasteiger partial charge in [-0.1, -0.05) is 19.1 Å². The first-order valence-corrected chi connectivity index (χ1v) is 7.09. The first-order chi connectivity index (χ1) is 10.3. The number of pyridine rings is 2. The summed E-state index contributed by atoms with van der Waals surface area (Å²) in [4.78, 5) is 8.76. The highest BCUT2D eigenvalue weighted by Gasteiger charge is 2.02. The lowest BCUT2D eigenvalue weighted by atomic mass is 10.2. The first kappa shape index (κ1) is 13.4. The molecule has 3 aromatic rings. The molecular weight excluding hydrogens is 262 g/mol. The first-order valence-electron chi connectivity index (χ1n) is 7.09. The van der Waals surface area contributed by atoms with Crippen molar-refractivity contribution in [1.29, 1.82) is 0 Å². The largest absolute Gasteiger partial charge is 0.439 e. The Balaban J connectivity index is 1.81. The van der Waals surface area contributed by atoms with Crippen LogP contribution in [-0.2, 0) is 0 Å². The molecule has 0 fully saturated rings. The molecule has 0 aliphatic rings. The summed E-state index contributed by atoms with van der Waals surface area (Å²) in [6, 6.07) is 15.5. The summed E-state index contributed by atoms with van der Waals surface area (Å²) >= 11 is 0. The Morgan fingerprint density at radius 2 is 2.05 bits per heavy atom. The molecular formula is C17H17N3O. The molecule has 0 bridgehead atoms. The van der Waals surface area contributed by atoms with Gasteiger partial charge in [-0.3, -0.25) is 4.98 Å². The van der Waals surface area contributed by atoms with E-state index in [1.165, 1.54) is 0 Å². The molecule has 4 nitrogen and oxygen atoms in total. The molecule has 0 aliphatic heterocycles. The number of hydrogen-bond acceptors (Lipinski definition) is 4. The van der Waals surface area contributed by atoms with E-state index in [9.17, 15) is 0 Å². The zero-order chi connectivity index (χ0) is 14.5. The van der Waals surface area contributed by atoms with Crippen LogP contribution in [0.1, 0.15) is 13.3 Å². The number of nitrogens with one attached hydrogen (secondary N) is 1. The van der Waals surface area contributed by atoms with Crippen LogP contribution in [0.15, 0.2) is 54.7 Å². The minimum atomic E-state index is 0.575. The van der Waals surface area contributed by atoms with Crippen LogP contribution in [0.3, 0.4) is 0 Å². The Kier molecular flexibility index (Phi) is 3.96. The SMILES string of the molecule is CCCNc1cccc(Oc2ccc3cccnc3c2)n1. The molecule has 0 aliphatic carbocycles. The zero-order valence-electron chi connectivity index (χ0n) is 11.9. The molecule has 2 heterocycles. The lowest BCUT2D eigenvalue weighted by Gasteiger charge is -2.08. The number of benzene rings is 1. The average Bonchev–Trinajstić information content (AvgIpc) is 2.53. The molecule has 1 N–H and O–H groups in total. The monoisotopic (exact) mass is 279 g/mol. The van der Waals surface area contributed by atoms with E-state index in [0.717, 1.165) is 35.4 Å². The van der Waals surface area contributed by atoms with Crippen LogP contribution in [0.4, 0.5) is 5.82 Å². The van der Waals surface area contributed by atoms with Gasteiger partial charge in [0.05, 0.1) is 5.52 Å². The number of fused-ring (bicyclic) bond motifs is 1. The molecule has 0 atom stereocenters. The van der Waals surface area contributed by atoms with Gasteiger partial charge in [-0.05, 0) is 30.7 Å². The predicted molar refractivity (Wildman–Crippen MR) is 84.8 cm³/mol. The van der Waals surface area contributed by atoms with Crippen molar-refractivity contribution in [3.8, 4) is 11.6 Å². The van der Waals surface area contributed by atoms with Gasteiger partial charge in [0.15, 0.2) is 0 Å². The quantitative estimate of drug-likeness (QED) is 0.758. The fourth-order valence-corrected chi connectivity index (χ4v) is 2.05. The Hall–Kier alpha value is -2.62. The van der Waals surface area contributed by atoms with E-state index in [0.29, 0.717) is 5.88 Å². The highest BCUT2D eigenvalue weighted by atomic mass is 16.5. The van der Waals surface area contributed by atoms with Crippen molar-refractivity contribution in [3.63, 3.8) is 0 Å². The van der Waals surface area contributed by atoms with Crippen LogP contribution in [-0.4, -0.2) is 16.5 Å². The van der Waals surface area contributed by atoms with Gasteiger partial charge in [-0.15, -0.1) is 0 Å². The maximum atomic E-state index is 5.82. The number of rotatable bonds is 5. The highest BCUT2D eigenvalue weighted by molar-refractivity contribution is 5.79. The number of aromatic nitrogens is 2. The Bertz CT molecular complexity index is 743. The summed E-state index contributed by atoms with van der Waals surface area (Å²) < 4.78 is 5.82. The number of nitrogens with zero attached hydrogens (tertiary/aromatic N) is 2. The molecule has 21 heavy (non-hydrogen) atoms. The molecule has 2 aromatic heterocycles. The summed E-state index contributed by atoms with van der Waals surface area (Å²) in [5.74, 6) is 2.14. The van der Waals surface area contributed by atoms with E-state index in [4.69, 9.17) is 4.74 Å². The van der Waals surface area contributed by atoms with Crippen LogP contribution < -0.4 is 10.1 Å². The zero-order valence-corrected chi connectivity index (χ0v) is 11.9.